The SMILES string of the molecule is FCC(CF)(CF)Cc1ccccc1. The maximum absolute atomic E-state index is 12.5. The summed E-state index contributed by atoms with van der Waals surface area (Å²) in [6.45, 7) is -2.89. The second kappa shape index (κ2) is 5.03. The van der Waals surface area contributed by atoms with Gasteiger partial charge in [0.1, 0.15) is 20.0 Å². The summed E-state index contributed by atoms with van der Waals surface area (Å²) in [5.74, 6) is 0. The Kier molecular flexibility index (Phi) is 3.98. The van der Waals surface area contributed by atoms with E-state index >= 15 is 0 Å². The first-order valence-corrected chi connectivity index (χ1v) is 4.48. The highest BCUT2D eigenvalue weighted by Crippen LogP contribution is 2.25. The molecular weight excluding hydrogens is 189 g/mol. The van der Waals surface area contributed by atoms with E-state index in [4.69, 9.17) is 0 Å². The summed E-state index contributed by atoms with van der Waals surface area (Å²) in [6.07, 6.45) is 0.108. The Hall–Kier alpha value is -0.990. The topological polar surface area (TPSA) is 0 Å². The predicted octanol–water partition coefficient (Wildman–Crippen LogP) is 3.12. The Morgan fingerprint density at radius 1 is 0.857 bits per heavy atom. The maximum Gasteiger partial charge on any atom is 0.100 e. The van der Waals surface area contributed by atoms with Crippen LogP contribution in [0.25, 0.3) is 0 Å². The summed E-state index contributed by atoms with van der Waals surface area (Å²) in [4.78, 5) is 0. The zero-order valence-corrected chi connectivity index (χ0v) is 7.85. The molecule has 1 aromatic carbocycles. The number of hydrogen-bond acceptors (Lipinski definition) is 0. The van der Waals surface area contributed by atoms with Crippen LogP contribution in [-0.4, -0.2) is 20.0 Å². The van der Waals surface area contributed by atoms with Gasteiger partial charge in [0.15, 0.2) is 0 Å². The molecule has 0 amide bonds. The molecule has 0 aliphatic heterocycles. The zero-order chi connectivity index (χ0) is 10.4. The number of benzene rings is 1. The van der Waals surface area contributed by atoms with Gasteiger partial charge in [0.2, 0.25) is 0 Å². The molecule has 0 nitrogen and oxygen atoms in total. The third-order valence-electron chi connectivity index (χ3n) is 2.27. The number of alkyl halides is 3. The summed E-state index contributed by atoms with van der Waals surface area (Å²) >= 11 is 0. The van der Waals surface area contributed by atoms with E-state index in [-0.39, 0.29) is 6.42 Å². The predicted molar refractivity (Wildman–Crippen MR) is 50.5 cm³/mol. The average Bonchev–Trinajstić information content (AvgIpc) is 2.28. The molecule has 0 aliphatic rings. The smallest absolute Gasteiger partial charge is 0.100 e. The molecule has 0 radical (unpaired) electrons. The minimum atomic E-state index is -1.47. The van der Waals surface area contributed by atoms with E-state index in [1.807, 2.05) is 6.07 Å². The molecule has 78 valence electrons. The Balaban J connectivity index is 2.74. The fourth-order valence-electron chi connectivity index (χ4n) is 1.28. The van der Waals surface area contributed by atoms with Gasteiger partial charge < -0.3 is 0 Å². The van der Waals surface area contributed by atoms with Crippen molar-refractivity contribution in [2.75, 3.05) is 20.0 Å². The van der Waals surface area contributed by atoms with Crippen LogP contribution in [0.1, 0.15) is 5.56 Å². The highest BCUT2D eigenvalue weighted by Gasteiger charge is 2.31. The Bertz CT molecular complexity index is 246. The van der Waals surface area contributed by atoms with E-state index in [0.717, 1.165) is 5.56 Å². The lowest BCUT2D eigenvalue weighted by Gasteiger charge is -2.23. The van der Waals surface area contributed by atoms with Crippen molar-refractivity contribution in [1.29, 1.82) is 0 Å². The van der Waals surface area contributed by atoms with E-state index in [0.29, 0.717) is 0 Å². The van der Waals surface area contributed by atoms with Crippen molar-refractivity contribution >= 4 is 0 Å². The molecule has 0 unspecified atom stereocenters. The van der Waals surface area contributed by atoms with Gasteiger partial charge in [-0.2, -0.15) is 0 Å². The van der Waals surface area contributed by atoms with Crippen molar-refractivity contribution < 1.29 is 13.2 Å². The minimum absolute atomic E-state index is 0.108. The molecule has 3 heteroatoms. The van der Waals surface area contributed by atoms with Gasteiger partial charge in [-0.3, -0.25) is 13.2 Å². The summed E-state index contributed by atoms with van der Waals surface area (Å²) in [7, 11) is 0. The molecule has 0 saturated heterocycles. The molecule has 0 aliphatic carbocycles. The van der Waals surface area contributed by atoms with Crippen molar-refractivity contribution in [2.45, 2.75) is 6.42 Å². The zero-order valence-electron chi connectivity index (χ0n) is 7.85. The molecule has 1 rings (SSSR count). The fourth-order valence-corrected chi connectivity index (χ4v) is 1.28. The number of rotatable bonds is 5. The monoisotopic (exact) mass is 202 g/mol. The number of hydrogen-bond donors (Lipinski definition) is 0. The standard InChI is InChI=1S/C11H13F3/c12-7-11(8-13,9-14)6-10-4-2-1-3-5-10/h1-5H,6-9H2. The van der Waals surface area contributed by atoms with Crippen molar-refractivity contribution in [1.82, 2.24) is 0 Å². The van der Waals surface area contributed by atoms with E-state index < -0.39 is 25.4 Å². The van der Waals surface area contributed by atoms with Crippen molar-refractivity contribution in [3.63, 3.8) is 0 Å². The highest BCUT2D eigenvalue weighted by atomic mass is 19.1. The molecule has 0 bridgehead atoms. The van der Waals surface area contributed by atoms with Gasteiger partial charge in [0.25, 0.3) is 0 Å². The molecular formula is C11H13F3. The normalized spacial score (nSPS) is 11.6. The van der Waals surface area contributed by atoms with Crippen molar-refractivity contribution in [3.05, 3.63) is 35.9 Å². The Morgan fingerprint density at radius 2 is 1.36 bits per heavy atom. The highest BCUT2D eigenvalue weighted by molar-refractivity contribution is 5.16. The summed E-state index contributed by atoms with van der Waals surface area (Å²) < 4.78 is 37.6. The third-order valence-corrected chi connectivity index (χ3v) is 2.27. The largest absolute Gasteiger partial charge is 0.250 e. The van der Waals surface area contributed by atoms with Crippen LogP contribution in [-0.2, 0) is 6.42 Å². The summed E-state index contributed by atoms with van der Waals surface area (Å²) in [6, 6.07) is 8.85. The van der Waals surface area contributed by atoms with Gasteiger partial charge in [0, 0.05) is 0 Å². The van der Waals surface area contributed by atoms with Gasteiger partial charge >= 0.3 is 0 Å². The molecule has 0 heterocycles. The van der Waals surface area contributed by atoms with Gasteiger partial charge in [0.05, 0.1) is 5.41 Å². The molecule has 0 fully saturated rings. The van der Waals surface area contributed by atoms with Crippen LogP contribution < -0.4 is 0 Å². The molecule has 0 aromatic heterocycles. The van der Waals surface area contributed by atoms with Gasteiger partial charge in [-0.25, -0.2) is 0 Å². The van der Waals surface area contributed by atoms with Crippen molar-refractivity contribution in [2.24, 2.45) is 5.41 Å². The summed E-state index contributed by atoms with van der Waals surface area (Å²) in [5.41, 5.74) is -0.707. The lowest BCUT2D eigenvalue weighted by Crippen LogP contribution is -2.31. The second-order valence-corrected chi connectivity index (χ2v) is 3.56. The van der Waals surface area contributed by atoms with E-state index in [1.165, 1.54) is 0 Å². The van der Waals surface area contributed by atoms with Gasteiger partial charge in [-0.1, -0.05) is 30.3 Å². The van der Waals surface area contributed by atoms with Crippen molar-refractivity contribution in [3.8, 4) is 0 Å². The lowest BCUT2D eigenvalue weighted by molar-refractivity contribution is 0.112. The second-order valence-electron chi connectivity index (χ2n) is 3.56. The fraction of sp³-hybridized carbons (Fsp3) is 0.455. The first kappa shape index (κ1) is 11.1. The van der Waals surface area contributed by atoms with Crippen LogP contribution in [0, 0.1) is 5.41 Å². The van der Waals surface area contributed by atoms with Crippen LogP contribution in [0.5, 0.6) is 0 Å². The quantitative estimate of drug-likeness (QED) is 0.688. The molecule has 0 atom stereocenters. The molecule has 0 N–H and O–H groups in total. The number of halogens is 3. The van der Waals surface area contributed by atoms with E-state index in [1.54, 1.807) is 24.3 Å². The molecule has 0 saturated carbocycles. The van der Waals surface area contributed by atoms with Gasteiger partial charge in [-0.15, -0.1) is 0 Å². The molecule has 1 aromatic rings. The molecule has 14 heavy (non-hydrogen) atoms. The third kappa shape index (κ3) is 2.50. The first-order chi connectivity index (χ1) is 6.76. The maximum atomic E-state index is 12.5. The van der Waals surface area contributed by atoms with E-state index in [9.17, 15) is 13.2 Å². The Morgan fingerprint density at radius 3 is 1.79 bits per heavy atom. The van der Waals surface area contributed by atoms with Crippen LogP contribution >= 0.6 is 0 Å². The molecule has 0 spiro atoms. The summed E-state index contributed by atoms with van der Waals surface area (Å²) in [5, 5.41) is 0. The van der Waals surface area contributed by atoms with Crippen LogP contribution in [0.3, 0.4) is 0 Å². The average molecular weight is 202 g/mol. The van der Waals surface area contributed by atoms with Crippen LogP contribution in [0.15, 0.2) is 30.3 Å². The first-order valence-electron chi connectivity index (χ1n) is 4.48. The minimum Gasteiger partial charge on any atom is -0.250 e. The Labute approximate surface area is 81.8 Å². The van der Waals surface area contributed by atoms with E-state index in [2.05, 4.69) is 0 Å². The van der Waals surface area contributed by atoms with Crippen LogP contribution in [0.4, 0.5) is 13.2 Å². The lowest BCUT2D eigenvalue weighted by atomic mass is 9.85. The van der Waals surface area contributed by atoms with Crippen LogP contribution in [0.2, 0.25) is 0 Å². The van der Waals surface area contributed by atoms with Gasteiger partial charge in [-0.05, 0) is 12.0 Å².